The van der Waals surface area contributed by atoms with E-state index in [0.717, 1.165) is 6.08 Å². The van der Waals surface area contributed by atoms with Gasteiger partial charge in [0.1, 0.15) is 11.9 Å². The average Bonchev–Trinajstić information content (AvgIpc) is 2.19. The van der Waals surface area contributed by atoms with E-state index in [0.29, 0.717) is 0 Å². The van der Waals surface area contributed by atoms with Crippen LogP contribution in [0.4, 0.5) is 0 Å². The van der Waals surface area contributed by atoms with Crippen LogP contribution in [0.15, 0.2) is 37.4 Å². The van der Waals surface area contributed by atoms with Crippen LogP contribution in [-0.4, -0.2) is 21.5 Å². The van der Waals surface area contributed by atoms with Crippen molar-refractivity contribution in [3.63, 3.8) is 0 Å². The fourth-order valence-electron chi connectivity index (χ4n) is 0.597. The van der Waals surface area contributed by atoms with E-state index in [1.54, 1.807) is 18.5 Å². The zero-order chi connectivity index (χ0) is 11.7. The number of aromatic nitrogens is 2. The second-order valence-corrected chi connectivity index (χ2v) is 3.64. The van der Waals surface area contributed by atoms with E-state index < -0.39 is 5.60 Å². The third-order valence-corrected chi connectivity index (χ3v) is 1.05. The Morgan fingerprint density at radius 1 is 1.33 bits per heavy atom. The van der Waals surface area contributed by atoms with Gasteiger partial charge in [-0.3, -0.25) is 0 Å². The van der Waals surface area contributed by atoms with Gasteiger partial charge in [0, 0.05) is 18.5 Å². The van der Waals surface area contributed by atoms with Crippen molar-refractivity contribution in [3.05, 3.63) is 37.4 Å². The molecule has 0 aliphatic heterocycles. The normalized spacial score (nSPS) is 9.53. The lowest BCUT2D eigenvalue weighted by molar-refractivity contribution is -0.148. The maximum absolute atomic E-state index is 10.5. The van der Waals surface area contributed by atoms with Crippen molar-refractivity contribution in [3.8, 4) is 0 Å². The number of rotatable bonds is 1. The van der Waals surface area contributed by atoms with Crippen molar-refractivity contribution in [1.82, 2.24) is 9.97 Å². The first kappa shape index (κ1) is 13.3. The molecule has 0 unspecified atom stereocenters. The number of esters is 1. The first-order chi connectivity index (χ1) is 6.95. The minimum absolute atomic E-state index is 0.373. The van der Waals surface area contributed by atoms with Crippen molar-refractivity contribution in [2.24, 2.45) is 0 Å². The van der Waals surface area contributed by atoms with Crippen molar-refractivity contribution in [1.29, 1.82) is 0 Å². The van der Waals surface area contributed by atoms with Gasteiger partial charge in [-0.2, -0.15) is 0 Å². The van der Waals surface area contributed by atoms with Crippen LogP contribution in [-0.2, 0) is 9.53 Å². The zero-order valence-electron chi connectivity index (χ0n) is 9.30. The summed E-state index contributed by atoms with van der Waals surface area (Å²) in [6.45, 7) is 8.71. The van der Waals surface area contributed by atoms with E-state index >= 15 is 0 Å². The highest BCUT2D eigenvalue weighted by atomic mass is 16.6. The standard InChI is InChI=1S/C7H12O2.C4H4N2/c1-5-6(8)9-7(2,3)4;1-2-5-4-6-3-1/h5H,1H2,2-4H3;1-4H. The monoisotopic (exact) mass is 208 g/mol. The number of carbonyl (C=O) groups is 1. The van der Waals surface area contributed by atoms with Crippen LogP contribution < -0.4 is 0 Å². The number of hydrogen-bond acceptors (Lipinski definition) is 4. The molecule has 0 amide bonds. The molecule has 4 nitrogen and oxygen atoms in total. The first-order valence-electron chi connectivity index (χ1n) is 4.51. The smallest absolute Gasteiger partial charge is 0.330 e. The van der Waals surface area contributed by atoms with Crippen LogP contribution in [0.2, 0.25) is 0 Å². The van der Waals surface area contributed by atoms with Crippen LogP contribution in [0.3, 0.4) is 0 Å². The number of hydrogen-bond donors (Lipinski definition) is 0. The van der Waals surface area contributed by atoms with Gasteiger partial charge in [0.25, 0.3) is 0 Å². The Labute approximate surface area is 90.0 Å². The molecule has 0 atom stereocenters. The molecule has 0 aliphatic carbocycles. The SMILES string of the molecule is C=CC(=O)OC(C)(C)C.c1cncnc1. The maximum atomic E-state index is 10.5. The lowest BCUT2D eigenvalue weighted by Gasteiger charge is -2.17. The van der Waals surface area contributed by atoms with Crippen molar-refractivity contribution < 1.29 is 9.53 Å². The lowest BCUT2D eigenvalue weighted by Crippen LogP contribution is -2.22. The number of nitrogens with zero attached hydrogens (tertiary/aromatic N) is 2. The highest BCUT2D eigenvalue weighted by Crippen LogP contribution is 2.06. The van der Waals surface area contributed by atoms with Gasteiger partial charge in [-0.05, 0) is 26.8 Å². The van der Waals surface area contributed by atoms with Crippen LogP contribution >= 0.6 is 0 Å². The average molecular weight is 208 g/mol. The predicted molar refractivity (Wildman–Crippen MR) is 58.1 cm³/mol. The molecule has 82 valence electrons. The Bertz CT molecular complexity index is 264. The molecule has 0 aromatic carbocycles. The molecule has 0 bridgehead atoms. The molecule has 4 heteroatoms. The summed E-state index contributed by atoms with van der Waals surface area (Å²) >= 11 is 0. The van der Waals surface area contributed by atoms with Gasteiger partial charge in [0.15, 0.2) is 0 Å². The van der Waals surface area contributed by atoms with Crippen LogP contribution in [0.5, 0.6) is 0 Å². The lowest BCUT2D eigenvalue weighted by atomic mass is 10.2. The van der Waals surface area contributed by atoms with Gasteiger partial charge in [0.2, 0.25) is 0 Å². The van der Waals surface area contributed by atoms with Gasteiger partial charge in [-0.1, -0.05) is 6.58 Å². The largest absolute Gasteiger partial charge is 0.457 e. The second-order valence-electron chi connectivity index (χ2n) is 3.64. The molecule has 1 aromatic heterocycles. The number of carbonyl (C=O) groups excluding carboxylic acids is 1. The molecule has 0 saturated heterocycles. The Morgan fingerprint density at radius 2 is 1.87 bits per heavy atom. The van der Waals surface area contributed by atoms with Gasteiger partial charge in [-0.25, -0.2) is 14.8 Å². The van der Waals surface area contributed by atoms with Gasteiger partial charge < -0.3 is 4.74 Å². The van der Waals surface area contributed by atoms with Crippen molar-refractivity contribution in [2.75, 3.05) is 0 Å². The van der Waals surface area contributed by atoms with E-state index in [-0.39, 0.29) is 5.97 Å². The van der Waals surface area contributed by atoms with E-state index in [9.17, 15) is 4.79 Å². The summed E-state index contributed by atoms with van der Waals surface area (Å²) in [5.74, 6) is -0.373. The highest BCUT2D eigenvalue weighted by Gasteiger charge is 2.12. The van der Waals surface area contributed by atoms with Crippen molar-refractivity contribution >= 4 is 5.97 Å². The quantitative estimate of drug-likeness (QED) is 0.523. The molecule has 0 aliphatic rings. The molecule has 1 rings (SSSR count). The fourth-order valence-corrected chi connectivity index (χ4v) is 0.597. The van der Waals surface area contributed by atoms with E-state index in [1.165, 1.54) is 6.33 Å². The second kappa shape index (κ2) is 6.70. The minimum Gasteiger partial charge on any atom is -0.457 e. The number of ether oxygens (including phenoxy) is 1. The maximum Gasteiger partial charge on any atom is 0.330 e. The van der Waals surface area contributed by atoms with Crippen LogP contribution in [0, 0.1) is 0 Å². The Kier molecular flexibility index (Phi) is 5.94. The molecule has 1 aromatic rings. The summed E-state index contributed by atoms with van der Waals surface area (Å²) in [6.07, 6.45) is 6.03. The Balaban J connectivity index is 0.000000280. The van der Waals surface area contributed by atoms with Gasteiger partial charge >= 0.3 is 5.97 Å². The third kappa shape index (κ3) is 10.2. The summed E-state index contributed by atoms with van der Waals surface area (Å²) in [4.78, 5) is 17.8. The first-order valence-corrected chi connectivity index (χ1v) is 4.51. The molecule has 0 N–H and O–H groups in total. The summed E-state index contributed by atoms with van der Waals surface area (Å²) < 4.78 is 4.83. The molecular formula is C11H16N2O2. The molecule has 1 heterocycles. The van der Waals surface area contributed by atoms with E-state index in [2.05, 4.69) is 16.5 Å². The molecule has 0 radical (unpaired) electrons. The Hall–Kier alpha value is -1.71. The zero-order valence-corrected chi connectivity index (χ0v) is 9.30. The van der Waals surface area contributed by atoms with Gasteiger partial charge in [-0.15, -0.1) is 0 Å². The fraction of sp³-hybridized carbons (Fsp3) is 0.364. The van der Waals surface area contributed by atoms with E-state index in [4.69, 9.17) is 4.74 Å². The Morgan fingerprint density at radius 3 is 2.00 bits per heavy atom. The van der Waals surface area contributed by atoms with Gasteiger partial charge in [0.05, 0.1) is 0 Å². The van der Waals surface area contributed by atoms with Crippen LogP contribution in [0.25, 0.3) is 0 Å². The molecule has 15 heavy (non-hydrogen) atoms. The third-order valence-electron chi connectivity index (χ3n) is 1.05. The summed E-state index contributed by atoms with van der Waals surface area (Å²) in [5.41, 5.74) is -0.398. The molecule has 0 spiro atoms. The molecular weight excluding hydrogens is 192 g/mol. The summed E-state index contributed by atoms with van der Waals surface area (Å²) in [6, 6.07) is 1.78. The molecule has 0 saturated carbocycles. The summed E-state index contributed by atoms with van der Waals surface area (Å²) in [5, 5.41) is 0. The van der Waals surface area contributed by atoms with E-state index in [1.807, 2.05) is 20.8 Å². The van der Waals surface area contributed by atoms with Crippen LogP contribution in [0.1, 0.15) is 20.8 Å². The highest BCUT2D eigenvalue weighted by molar-refractivity contribution is 5.81. The topological polar surface area (TPSA) is 52.1 Å². The predicted octanol–water partition coefficient (Wildman–Crippen LogP) is 1.99. The van der Waals surface area contributed by atoms with Crippen molar-refractivity contribution in [2.45, 2.75) is 26.4 Å². The summed E-state index contributed by atoms with van der Waals surface area (Å²) in [7, 11) is 0. The minimum atomic E-state index is -0.398. The molecule has 0 fully saturated rings.